The first kappa shape index (κ1) is 20.8. The van der Waals surface area contributed by atoms with Gasteiger partial charge in [-0.15, -0.1) is 6.42 Å². The van der Waals surface area contributed by atoms with Gasteiger partial charge < -0.3 is 19.9 Å². The second-order valence-corrected chi connectivity index (χ2v) is 7.22. The van der Waals surface area contributed by atoms with Crippen LogP contribution in [0, 0.1) is 12.3 Å². The minimum Gasteiger partial charge on any atom is -0.493 e. The van der Waals surface area contributed by atoms with Gasteiger partial charge in [-0.2, -0.15) is 0 Å². The number of benzene rings is 2. The van der Waals surface area contributed by atoms with Crippen molar-refractivity contribution in [2.75, 3.05) is 13.7 Å². The average molecular weight is 393 g/mol. The number of aliphatic hydroxyl groups is 1. The number of carbonyl (C=O) groups is 1. The Bertz CT molecular complexity index is 859. The second-order valence-electron chi connectivity index (χ2n) is 7.22. The van der Waals surface area contributed by atoms with Crippen LogP contribution in [0.15, 0.2) is 48.5 Å². The monoisotopic (exact) mass is 393 g/mol. The van der Waals surface area contributed by atoms with Crippen molar-refractivity contribution in [1.82, 2.24) is 5.32 Å². The van der Waals surface area contributed by atoms with Gasteiger partial charge in [-0.25, -0.2) is 0 Å². The van der Waals surface area contributed by atoms with Crippen LogP contribution in [-0.2, 0) is 4.79 Å². The van der Waals surface area contributed by atoms with Crippen LogP contribution in [0.3, 0.4) is 0 Å². The molecule has 1 saturated carbocycles. The molecule has 3 rings (SSSR count). The van der Waals surface area contributed by atoms with E-state index in [-0.39, 0.29) is 24.5 Å². The number of aliphatic hydroxyl groups excluding tert-OH is 1. The Labute approximate surface area is 172 Å². The van der Waals surface area contributed by atoms with Crippen molar-refractivity contribution in [1.29, 1.82) is 0 Å². The van der Waals surface area contributed by atoms with E-state index in [1.54, 1.807) is 19.2 Å². The predicted octanol–water partition coefficient (Wildman–Crippen LogP) is 3.58. The Balaban J connectivity index is 1.76. The second kappa shape index (κ2) is 9.99. The number of methoxy groups -OCH3 is 1. The summed E-state index contributed by atoms with van der Waals surface area (Å²) in [6.45, 7) is 0.176. The molecular formula is C24H27NO4. The minimum atomic E-state index is -1.17. The average Bonchev–Trinajstić information content (AvgIpc) is 2.78. The summed E-state index contributed by atoms with van der Waals surface area (Å²) in [6, 6.07) is 14.7. The molecule has 1 aliphatic carbocycles. The van der Waals surface area contributed by atoms with Gasteiger partial charge in [0.25, 0.3) is 5.91 Å². The largest absolute Gasteiger partial charge is 0.493 e. The molecule has 3 unspecified atom stereocenters. The molecular weight excluding hydrogens is 366 g/mol. The molecule has 0 heterocycles. The first-order valence-corrected chi connectivity index (χ1v) is 9.91. The summed E-state index contributed by atoms with van der Waals surface area (Å²) >= 11 is 0. The molecule has 0 aromatic heterocycles. The Morgan fingerprint density at radius 2 is 1.97 bits per heavy atom. The number of rotatable bonds is 7. The fraction of sp³-hybridized carbons (Fsp3) is 0.375. The zero-order chi connectivity index (χ0) is 20.6. The first-order valence-electron chi connectivity index (χ1n) is 9.91. The van der Waals surface area contributed by atoms with Gasteiger partial charge in [0.1, 0.15) is 6.61 Å². The zero-order valence-corrected chi connectivity index (χ0v) is 16.6. The van der Waals surface area contributed by atoms with E-state index >= 15 is 0 Å². The van der Waals surface area contributed by atoms with Crippen LogP contribution in [0.4, 0.5) is 0 Å². The highest BCUT2D eigenvalue weighted by Gasteiger charge is 2.30. The molecule has 5 nitrogen and oxygen atoms in total. The summed E-state index contributed by atoms with van der Waals surface area (Å²) in [5.41, 5.74) is 1.67. The molecule has 0 bridgehead atoms. The van der Waals surface area contributed by atoms with E-state index in [0.29, 0.717) is 17.1 Å². The SMILES string of the molecule is C#CCOc1ccc(C2CCCCC2NC(=O)C(O)c2ccccc2)cc1OC. The molecule has 5 heteroatoms. The van der Waals surface area contributed by atoms with Crippen molar-refractivity contribution in [2.24, 2.45) is 0 Å². The lowest BCUT2D eigenvalue weighted by atomic mass is 9.79. The van der Waals surface area contributed by atoms with Crippen LogP contribution in [0.25, 0.3) is 0 Å². The summed E-state index contributed by atoms with van der Waals surface area (Å²) < 4.78 is 11.0. The van der Waals surface area contributed by atoms with E-state index < -0.39 is 6.10 Å². The molecule has 0 spiro atoms. The summed E-state index contributed by atoms with van der Waals surface area (Å²) in [6.07, 6.45) is 8.06. The maximum atomic E-state index is 12.7. The smallest absolute Gasteiger partial charge is 0.253 e. The third-order valence-electron chi connectivity index (χ3n) is 5.38. The van der Waals surface area contributed by atoms with E-state index in [1.165, 1.54) is 0 Å². The lowest BCUT2D eigenvalue weighted by Gasteiger charge is -2.33. The molecule has 3 atom stereocenters. The van der Waals surface area contributed by atoms with Gasteiger partial charge in [0, 0.05) is 12.0 Å². The standard InChI is InChI=1S/C24H27NO4/c1-3-15-29-21-14-13-18(16-22(21)28-2)19-11-7-8-12-20(19)25-24(27)23(26)17-9-5-4-6-10-17/h1,4-6,9-10,13-14,16,19-20,23,26H,7-8,11-12,15H2,2H3,(H,25,27). The number of carbonyl (C=O) groups excluding carboxylic acids is 1. The van der Waals surface area contributed by atoms with Crippen molar-refractivity contribution in [3.05, 3.63) is 59.7 Å². The normalized spacial score (nSPS) is 19.6. The lowest BCUT2D eigenvalue weighted by Crippen LogP contribution is -2.43. The van der Waals surface area contributed by atoms with E-state index in [1.807, 2.05) is 36.4 Å². The minimum absolute atomic E-state index is 0.0446. The maximum absolute atomic E-state index is 12.7. The summed E-state index contributed by atoms with van der Waals surface area (Å²) in [5.74, 6) is 3.45. The molecule has 2 aromatic rings. The van der Waals surface area contributed by atoms with Gasteiger partial charge in [0.15, 0.2) is 17.6 Å². The van der Waals surface area contributed by atoms with E-state index in [0.717, 1.165) is 31.2 Å². The number of hydrogen-bond donors (Lipinski definition) is 2. The lowest BCUT2D eigenvalue weighted by molar-refractivity contribution is -0.130. The number of terminal acetylenes is 1. The zero-order valence-electron chi connectivity index (χ0n) is 16.6. The number of ether oxygens (including phenoxy) is 2. The summed E-state index contributed by atoms with van der Waals surface area (Å²) in [5, 5.41) is 13.5. The molecule has 2 N–H and O–H groups in total. The van der Waals surface area contributed by atoms with Gasteiger partial charge in [0.05, 0.1) is 7.11 Å². The molecule has 152 valence electrons. The highest BCUT2D eigenvalue weighted by Crippen LogP contribution is 2.37. The van der Waals surface area contributed by atoms with E-state index in [4.69, 9.17) is 15.9 Å². The first-order chi connectivity index (χ1) is 14.1. The van der Waals surface area contributed by atoms with Gasteiger partial charge in [-0.05, 0) is 36.1 Å². The van der Waals surface area contributed by atoms with Gasteiger partial charge in [0.2, 0.25) is 0 Å². The fourth-order valence-corrected chi connectivity index (χ4v) is 3.90. The summed E-state index contributed by atoms with van der Waals surface area (Å²) in [4.78, 5) is 12.7. The molecule has 29 heavy (non-hydrogen) atoms. The molecule has 1 aliphatic rings. The van der Waals surface area contributed by atoms with Crippen LogP contribution in [-0.4, -0.2) is 30.8 Å². The number of amides is 1. The Hall–Kier alpha value is -2.97. The van der Waals surface area contributed by atoms with Crippen LogP contribution in [0.5, 0.6) is 11.5 Å². The Morgan fingerprint density at radius 1 is 1.21 bits per heavy atom. The quantitative estimate of drug-likeness (QED) is 0.706. The topological polar surface area (TPSA) is 67.8 Å². The Morgan fingerprint density at radius 3 is 2.69 bits per heavy atom. The maximum Gasteiger partial charge on any atom is 0.253 e. The molecule has 0 radical (unpaired) electrons. The van der Waals surface area contributed by atoms with Gasteiger partial charge in [-0.1, -0.05) is 55.2 Å². The van der Waals surface area contributed by atoms with Crippen molar-refractivity contribution in [3.8, 4) is 23.8 Å². The molecule has 0 saturated heterocycles. The van der Waals surface area contributed by atoms with Gasteiger partial charge in [-0.3, -0.25) is 4.79 Å². The van der Waals surface area contributed by atoms with Crippen LogP contribution in [0.2, 0.25) is 0 Å². The van der Waals surface area contributed by atoms with Gasteiger partial charge >= 0.3 is 0 Å². The van der Waals surface area contributed by atoms with Crippen molar-refractivity contribution >= 4 is 5.91 Å². The fourth-order valence-electron chi connectivity index (χ4n) is 3.90. The van der Waals surface area contributed by atoms with Crippen molar-refractivity contribution in [3.63, 3.8) is 0 Å². The van der Waals surface area contributed by atoms with Crippen LogP contribution >= 0.6 is 0 Å². The highest BCUT2D eigenvalue weighted by atomic mass is 16.5. The van der Waals surface area contributed by atoms with Crippen molar-refractivity contribution in [2.45, 2.75) is 43.7 Å². The third-order valence-corrected chi connectivity index (χ3v) is 5.38. The number of hydrogen-bond acceptors (Lipinski definition) is 4. The van der Waals surface area contributed by atoms with Crippen LogP contribution in [0.1, 0.15) is 48.8 Å². The van der Waals surface area contributed by atoms with Crippen molar-refractivity contribution < 1.29 is 19.4 Å². The Kier molecular flexibility index (Phi) is 7.15. The molecule has 0 aliphatic heterocycles. The number of nitrogens with one attached hydrogen (secondary N) is 1. The van der Waals surface area contributed by atoms with E-state index in [9.17, 15) is 9.90 Å². The van der Waals surface area contributed by atoms with Crippen LogP contribution < -0.4 is 14.8 Å². The third kappa shape index (κ3) is 5.10. The molecule has 1 fully saturated rings. The predicted molar refractivity (Wildman–Crippen MR) is 112 cm³/mol. The summed E-state index contributed by atoms with van der Waals surface area (Å²) in [7, 11) is 1.60. The highest BCUT2D eigenvalue weighted by molar-refractivity contribution is 5.82. The molecule has 2 aromatic carbocycles. The van der Waals surface area contributed by atoms with E-state index in [2.05, 4.69) is 11.2 Å². The molecule has 1 amide bonds.